The van der Waals surface area contributed by atoms with E-state index in [0.29, 0.717) is 5.56 Å². The van der Waals surface area contributed by atoms with Crippen LogP contribution in [0.1, 0.15) is 5.56 Å². The largest absolute Gasteiger partial charge is 0.311 e. The van der Waals surface area contributed by atoms with E-state index in [4.69, 9.17) is 0 Å². The molecule has 4 heterocycles. The van der Waals surface area contributed by atoms with Gasteiger partial charge in [-0.1, -0.05) is 152 Å². The molecule has 5 nitrogen and oxygen atoms in total. The van der Waals surface area contributed by atoms with Crippen molar-refractivity contribution in [2.75, 3.05) is 9.80 Å². The second-order valence-corrected chi connectivity index (χ2v) is 19.1. The monoisotopic (exact) mass is 927 g/mol. The van der Waals surface area contributed by atoms with Gasteiger partial charge in [0.1, 0.15) is 0 Å². The average Bonchev–Trinajstić information content (AvgIpc) is 3.98. The summed E-state index contributed by atoms with van der Waals surface area (Å²) in [5.74, 6) is 0. The zero-order chi connectivity index (χ0) is 48.1. The normalized spacial score (nSPS) is 12.6. The van der Waals surface area contributed by atoms with Gasteiger partial charge < -0.3 is 18.9 Å². The molecular formula is C67H42BN5. The number of para-hydroxylation sites is 8. The molecule has 2 aromatic heterocycles. The summed E-state index contributed by atoms with van der Waals surface area (Å²) in [4.78, 5) is 4.95. The van der Waals surface area contributed by atoms with E-state index in [-0.39, 0.29) is 6.71 Å². The number of hydrogen-bond donors (Lipinski definition) is 0. The molecule has 0 spiro atoms. The van der Waals surface area contributed by atoms with Gasteiger partial charge in [-0.2, -0.15) is 5.26 Å². The fourth-order valence-electron chi connectivity index (χ4n) is 12.3. The molecule has 0 unspecified atom stereocenters. The number of aromatic nitrogens is 2. The van der Waals surface area contributed by atoms with Gasteiger partial charge in [-0.05, 0) is 131 Å². The third kappa shape index (κ3) is 6.10. The number of fused-ring (bicyclic) bond motifs is 10. The van der Waals surface area contributed by atoms with Gasteiger partial charge in [0.25, 0.3) is 6.71 Å². The van der Waals surface area contributed by atoms with Gasteiger partial charge in [0.05, 0.1) is 45.1 Å². The van der Waals surface area contributed by atoms with Crippen molar-refractivity contribution in [1.29, 1.82) is 5.26 Å². The lowest BCUT2D eigenvalue weighted by atomic mass is 9.33. The summed E-state index contributed by atoms with van der Waals surface area (Å²) in [6, 6.07) is 94.7. The number of hydrogen-bond acceptors (Lipinski definition) is 3. The first-order chi connectivity index (χ1) is 36.2. The number of rotatable bonds is 6. The Labute approximate surface area is 423 Å². The zero-order valence-electron chi connectivity index (χ0n) is 39.6. The van der Waals surface area contributed by atoms with Gasteiger partial charge in [-0.3, -0.25) is 0 Å². The molecule has 2 aliphatic heterocycles. The van der Waals surface area contributed by atoms with E-state index in [2.05, 4.69) is 274 Å². The van der Waals surface area contributed by atoms with Gasteiger partial charge in [-0.15, -0.1) is 0 Å². The minimum Gasteiger partial charge on any atom is -0.311 e. The molecule has 2 aliphatic rings. The summed E-state index contributed by atoms with van der Waals surface area (Å²) < 4.78 is 4.78. The van der Waals surface area contributed by atoms with Crippen LogP contribution in [-0.2, 0) is 0 Å². The molecule has 338 valence electrons. The van der Waals surface area contributed by atoms with Crippen LogP contribution in [-0.4, -0.2) is 15.8 Å². The Bertz CT molecular complexity index is 4260. The predicted octanol–water partition coefficient (Wildman–Crippen LogP) is 15.2. The minimum absolute atomic E-state index is 0.0382. The Morgan fingerprint density at radius 2 is 0.767 bits per heavy atom. The molecule has 0 fully saturated rings. The van der Waals surface area contributed by atoms with Crippen molar-refractivity contribution in [3.05, 3.63) is 260 Å². The van der Waals surface area contributed by atoms with E-state index in [1.54, 1.807) is 0 Å². The molecule has 0 amide bonds. The quantitative estimate of drug-likeness (QED) is 0.156. The standard InChI is InChI=1S/C67H42BN5/c69-43-44-35-37-61(72-57-29-13-7-23-49(57)50-24-8-14-30-58(50)72)53(39-44)51-25-9-15-31-59(51)73-60-32-16-10-26-52(60)54-40-45(36-38-62(54)73)46-41-65-67-66(42-46)71(48-21-5-2-6-22-48)64-34-18-12-28-56(64)68(67)55-27-11-17-33-63(55)70(65)47-19-3-1-4-20-47/h1-42H. The molecule has 11 aromatic carbocycles. The van der Waals surface area contributed by atoms with Crippen LogP contribution in [0.4, 0.5) is 34.1 Å². The van der Waals surface area contributed by atoms with Crippen molar-refractivity contribution in [3.63, 3.8) is 0 Å². The van der Waals surface area contributed by atoms with Crippen molar-refractivity contribution in [2.24, 2.45) is 0 Å². The van der Waals surface area contributed by atoms with Crippen molar-refractivity contribution < 1.29 is 0 Å². The summed E-state index contributed by atoms with van der Waals surface area (Å²) in [5, 5.41) is 15.1. The molecule has 0 saturated carbocycles. The Kier molecular flexibility index (Phi) is 9.05. The number of nitriles is 1. The van der Waals surface area contributed by atoms with Gasteiger partial charge in [-0.25, -0.2) is 0 Å². The molecular weight excluding hydrogens is 886 g/mol. The third-order valence-electron chi connectivity index (χ3n) is 15.3. The fraction of sp³-hybridized carbons (Fsp3) is 0. The number of anilines is 6. The van der Waals surface area contributed by atoms with Crippen molar-refractivity contribution >= 4 is 101 Å². The maximum absolute atomic E-state index is 10.4. The summed E-state index contributed by atoms with van der Waals surface area (Å²) in [5.41, 5.74) is 22.3. The van der Waals surface area contributed by atoms with Crippen LogP contribution in [0.15, 0.2) is 255 Å². The maximum Gasteiger partial charge on any atom is 0.252 e. The highest BCUT2D eigenvalue weighted by Crippen LogP contribution is 2.47. The lowest BCUT2D eigenvalue weighted by Crippen LogP contribution is -2.61. The Hall–Kier alpha value is -9.83. The van der Waals surface area contributed by atoms with Crippen molar-refractivity contribution in [3.8, 4) is 39.7 Å². The van der Waals surface area contributed by atoms with Gasteiger partial charge in [0.15, 0.2) is 0 Å². The Morgan fingerprint density at radius 3 is 1.33 bits per heavy atom. The Balaban J connectivity index is 0.964. The van der Waals surface area contributed by atoms with E-state index < -0.39 is 0 Å². The van der Waals surface area contributed by atoms with E-state index >= 15 is 0 Å². The highest BCUT2D eigenvalue weighted by atomic mass is 15.2. The predicted molar refractivity (Wildman–Crippen MR) is 305 cm³/mol. The number of nitrogens with zero attached hydrogens (tertiary/aromatic N) is 5. The van der Waals surface area contributed by atoms with Crippen molar-refractivity contribution in [1.82, 2.24) is 9.13 Å². The van der Waals surface area contributed by atoms with Crippen LogP contribution in [0, 0.1) is 11.3 Å². The second-order valence-electron chi connectivity index (χ2n) is 19.1. The molecule has 15 rings (SSSR count). The molecule has 6 heteroatoms. The first kappa shape index (κ1) is 41.0. The van der Waals surface area contributed by atoms with Crippen LogP contribution >= 0.6 is 0 Å². The van der Waals surface area contributed by atoms with Crippen LogP contribution in [0.3, 0.4) is 0 Å². The molecule has 0 N–H and O–H groups in total. The Morgan fingerprint density at radius 1 is 0.315 bits per heavy atom. The molecule has 0 atom stereocenters. The summed E-state index contributed by atoms with van der Waals surface area (Å²) in [6.45, 7) is 0.0382. The van der Waals surface area contributed by atoms with Gasteiger partial charge >= 0.3 is 0 Å². The smallest absolute Gasteiger partial charge is 0.252 e. The van der Waals surface area contributed by atoms with Crippen LogP contribution in [0.5, 0.6) is 0 Å². The highest BCUT2D eigenvalue weighted by molar-refractivity contribution is 7.00. The third-order valence-corrected chi connectivity index (χ3v) is 15.3. The zero-order valence-corrected chi connectivity index (χ0v) is 39.6. The molecule has 0 bridgehead atoms. The molecule has 0 radical (unpaired) electrons. The van der Waals surface area contributed by atoms with Crippen molar-refractivity contribution in [2.45, 2.75) is 0 Å². The van der Waals surface area contributed by atoms with E-state index in [1.165, 1.54) is 55.3 Å². The topological polar surface area (TPSA) is 40.1 Å². The SMILES string of the molecule is N#Cc1ccc(-n2c3ccccc3c3ccccc32)c(-c2ccccc2-n2c3ccccc3c3cc(-c4cc5c6c(c4)N(c4ccccc4)c4ccccc4B6c4ccccc4N5c4ccccc4)ccc32)c1. The molecule has 13 aromatic rings. The number of benzene rings is 11. The van der Waals surface area contributed by atoms with Crippen LogP contribution in [0.2, 0.25) is 0 Å². The summed E-state index contributed by atoms with van der Waals surface area (Å²) >= 11 is 0. The molecule has 0 saturated heterocycles. The van der Waals surface area contributed by atoms with Crippen LogP contribution < -0.4 is 26.2 Å². The average molecular weight is 928 g/mol. The lowest BCUT2D eigenvalue weighted by Gasteiger charge is -2.44. The summed E-state index contributed by atoms with van der Waals surface area (Å²) in [6.07, 6.45) is 0. The molecule has 0 aliphatic carbocycles. The van der Waals surface area contributed by atoms with Gasteiger partial charge in [0, 0.05) is 66.8 Å². The molecule has 73 heavy (non-hydrogen) atoms. The van der Waals surface area contributed by atoms with E-state index in [9.17, 15) is 5.26 Å². The van der Waals surface area contributed by atoms with Crippen LogP contribution in [0.25, 0.3) is 77.2 Å². The minimum atomic E-state index is 0.0382. The first-order valence-corrected chi connectivity index (χ1v) is 24.9. The van der Waals surface area contributed by atoms with E-state index in [1.807, 2.05) is 6.07 Å². The maximum atomic E-state index is 10.4. The van der Waals surface area contributed by atoms with Gasteiger partial charge in [0.2, 0.25) is 0 Å². The lowest BCUT2D eigenvalue weighted by molar-refractivity contribution is 1.16. The second kappa shape index (κ2) is 16.1. The van der Waals surface area contributed by atoms with E-state index in [0.717, 1.165) is 72.5 Å². The summed E-state index contributed by atoms with van der Waals surface area (Å²) in [7, 11) is 0. The fourth-order valence-corrected chi connectivity index (χ4v) is 12.3. The first-order valence-electron chi connectivity index (χ1n) is 24.9. The highest BCUT2D eigenvalue weighted by Gasteiger charge is 2.43.